The monoisotopic (exact) mass is 381 g/mol. The van der Waals surface area contributed by atoms with Crippen LogP contribution >= 0.6 is 0 Å². The van der Waals surface area contributed by atoms with Gasteiger partial charge in [0.1, 0.15) is 0 Å². The molecule has 2 rings (SSSR count). The molecule has 0 aliphatic heterocycles. The molecular formula is C18H21F2N3O4. The van der Waals surface area contributed by atoms with Gasteiger partial charge in [0.2, 0.25) is 11.8 Å². The van der Waals surface area contributed by atoms with Crippen molar-refractivity contribution in [1.29, 1.82) is 0 Å². The Morgan fingerprint density at radius 1 is 1.22 bits per heavy atom. The number of nitrogens with zero attached hydrogens (tertiary/aromatic N) is 3. The Balaban J connectivity index is 2.03. The number of hydrogen-bond donors (Lipinski definition) is 1. The topological polar surface area (TPSA) is 96.5 Å². The van der Waals surface area contributed by atoms with Crippen LogP contribution in [0.2, 0.25) is 0 Å². The van der Waals surface area contributed by atoms with Crippen LogP contribution in [0.25, 0.3) is 0 Å². The molecular weight excluding hydrogens is 360 g/mol. The molecule has 7 nitrogen and oxygen atoms in total. The summed E-state index contributed by atoms with van der Waals surface area (Å²) in [6.07, 6.45) is -0.0175. The predicted molar refractivity (Wildman–Crippen MR) is 90.7 cm³/mol. The summed E-state index contributed by atoms with van der Waals surface area (Å²) in [5.41, 5.74) is 0.368. The number of halogens is 2. The van der Waals surface area contributed by atoms with Crippen LogP contribution < -0.4 is 0 Å². The standard InChI is InChI=1S/C18H21F2N3O4/c1-11(2)18-21-15(27-22-18)5-6-16(24)23(8-7-17(25)26)10-12-3-4-13(19)14(20)9-12/h3-4,9,11H,5-8,10H2,1-2H3,(H,25,26). The third-order valence-corrected chi connectivity index (χ3v) is 3.86. The zero-order valence-electron chi connectivity index (χ0n) is 15.1. The van der Waals surface area contributed by atoms with Crippen molar-refractivity contribution in [3.8, 4) is 0 Å². The average Bonchev–Trinajstić information content (AvgIpc) is 3.08. The highest BCUT2D eigenvalue weighted by molar-refractivity contribution is 5.77. The van der Waals surface area contributed by atoms with Crippen molar-refractivity contribution in [1.82, 2.24) is 15.0 Å². The Morgan fingerprint density at radius 3 is 2.56 bits per heavy atom. The van der Waals surface area contributed by atoms with E-state index in [0.717, 1.165) is 12.1 Å². The fraction of sp³-hybridized carbons (Fsp3) is 0.444. The smallest absolute Gasteiger partial charge is 0.305 e. The second-order valence-corrected chi connectivity index (χ2v) is 6.41. The minimum atomic E-state index is -1.06. The summed E-state index contributed by atoms with van der Waals surface area (Å²) in [6.45, 7) is 3.75. The molecule has 2 aromatic rings. The number of rotatable bonds is 9. The maximum Gasteiger partial charge on any atom is 0.305 e. The first-order valence-corrected chi connectivity index (χ1v) is 8.52. The predicted octanol–water partition coefficient (Wildman–Crippen LogP) is 2.91. The molecule has 0 saturated carbocycles. The van der Waals surface area contributed by atoms with E-state index >= 15 is 0 Å². The van der Waals surface area contributed by atoms with Crippen molar-refractivity contribution < 1.29 is 28.0 Å². The normalized spacial score (nSPS) is 11.0. The van der Waals surface area contributed by atoms with E-state index in [1.807, 2.05) is 13.8 Å². The number of carboxylic acid groups (broad SMARTS) is 1. The molecule has 146 valence electrons. The van der Waals surface area contributed by atoms with Gasteiger partial charge in [-0.2, -0.15) is 4.98 Å². The second-order valence-electron chi connectivity index (χ2n) is 6.41. The highest BCUT2D eigenvalue weighted by Crippen LogP contribution is 2.14. The first-order chi connectivity index (χ1) is 12.8. The van der Waals surface area contributed by atoms with Crippen molar-refractivity contribution in [3.63, 3.8) is 0 Å². The Morgan fingerprint density at radius 2 is 1.96 bits per heavy atom. The van der Waals surface area contributed by atoms with E-state index in [1.165, 1.54) is 11.0 Å². The number of hydrogen-bond acceptors (Lipinski definition) is 5. The van der Waals surface area contributed by atoms with E-state index in [9.17, 15) is 18.4 Å². The van der Waals surface area contributed by atoms with Gasteiger partial charge in [-0.3, -0.25) is 9.59 Å². The molecule has 0 aliphatic rings. The number of aromatic nitrogens is 2. The van der Waals surface area contributed by atoms with Crippen molar-refractivity contribution in [2.75, 3.05) is 6.54 Å². The van der Waals surface area contributed by atoms with Gasteiger partial charge in [-0.25, -0.2) is 8.78 Å². The minimum absolute atomic E-state index is 0.0234. The number of benzene rings is 1. The minimum Gasteiger partial charge on any atom is -0.481 e. The first kappa shape index (κ1) is 20.5. The van der Waals surface area contributed by atoms with Crippen LogP contribution in [0, 0.1) is 11.6 Å². The average molecular weight is 381 g/mol. The number of carbonyl (C=O) groups excluding carboxylic acids is 1. The van der Waals surface area contributed by atoms with Crippen molar-refractivity contribution in [2.45, 2.75) is 45.6 Å². The number of carboxylic acids is 1. The van der Waals surface area contributed by atoms with Gasteiger partial charge < -0.3 is 14.5 Å². The Bertz CT molecular complexity index is 808. The summed E-state index contributed by atoms with van der Waals surface area (Å²) in [7, 11) is 0. The van der Waals surface area contributed by atoms with Gasteiger partial charge in [0.25, 0.3) is 0 Å². The summed E-state index contributed by atoms with van der Waals surface area (Å²) >= 11 is 0. The Kier molecular flexibility index (Phi) is 6.98. The third kappa shape index (κ3) is 6.12. The van der Waals surface area contributed by atoms with Gasteiger partial charge >= 0.3 is 5.97 Å². The van der Waals surface area contributed by atoms with Gasteiger partial charge in [-0.1, -0.05) is 25.1 Å². The molecule has 1 N–H and O–H groups in total. The third-order valence-electron chi connectivity index (χ3n) is 3.86. The summed E-state index contributed by atoms with van der Waals surface area (Å²) in [6, 6.07) is 3.31. The second kappa shape index (κ2) is 9.20. The van der Waals surface area contributed by atoms with E-state index in [4.69, 9.17) is 9.63 Å². The van der Waals surface area contributed by atoms with E-state index < -0.39 is 17.6 Å². The fourth-order valence-electron chi connectivity index (χ4n) is 2.36. The van der Waals surface area contributed by atoms with E-state index in [0.29, 0.717) is 17.3 Å². The van der Waals surface area contributed by atoms with Crippen LogP contribution in [0.3, 0.4) is 0 Å². The van der Waals surface area contributed by atoms with Crippen LogP contribution in [0.15, 0.2) is 22.7 Å². The molecule has 0 unspecified atom stereocenters. The van der Waals surface area contributed by atoms with Crippen LogP contribution in [0.1, 0.15) is 49.9 Å². The Labute approximate surface area is 155 Å². The summed E-state index contributed by atoms with van der Waals surface area (Å²) in [4.78, 5) is 28.8. The molecule has 9 heteroatoms. The molecule has 0 atom stereocenters. The van der Waals surface area contributed by atoms with Crippen molar-refractivity contribution in [2.24, 2.45) is 0 Å². The highest BCUT2D eigenvalue weighted by Gasteiger charge is 2.18. The van der Waals surface area contributed by atoms with Gasteiger partial charge in [0.05, 0.1) is 6.42 Å². The van der Waals surface area contributed by atoms with Crippen molar-refractivity contribution in [3.05, 3.63) is 47.1 Å². The zero-order valence-corrected chi connectivity index (χ0v) is 15.1. The Hall–Kier alpha value is -2.84. The summed E-state index contributed by atoms with van der Waals surface area (Å²) in [5.74, 6) is -2.45. The lowest BCUT2D eigenvalue weighted by Gasteiger charge is -2.22. The van der Waals surface area contributed by atoms with Crippen LogP contribution in [0.5, 0.6) is 0 Å². The van der Waals surface area contributed by atoms with E-state index in [1.54, 1.807) is 0 Å². The lowest BCUT2D eigenvalue weighted by molar-refractivity contribution is -0.138. The molecule has 1 aromatic heterocycles. The van der Waals surface area contributed by atoms with Crippen LogP contribution in [-0.2, 0) is 22.6 Å². The number of amides is 1. The molecule has 1 aromatic carbocycles. The molecule has 0 spiro atoms. The lowest BCUT2D eigenvalue weighted by atomic mass is 10.1. The number of carbonyl (C=O) groups is 2. The molecule has 1 heterocycles. The van der Waals surface area contributed by atoms with E-state index in [2.05, 4.69) is 10.1 Å². The van der Waals surface area contributed by atoms with Crippen LogP contribution in [0.4, 0.5) is 8.78 Å². The molecule has 1 amide bonds. The molecule has 0 bridgehead atoms. The van der Waals surface area contributed by atoms with Gasteiger partial charge in [0, 0.05) is 31.8 Å². The first-order valence-electron chi connectivity index (χ1n) is 8.52. The largest absolute Gasteiger partial charge is 0.481 e. The van der Waals surface area contributed by atoms with Gasteiger partial charge in [-0.05, 0) is 17.7 Å². The maximum atomic E-state index is 13.4. The molecule has 0 aliphatic carbocycles. The van der Waals surface area contributed by atoms with E-state index in [-0.39, 0.29) is 44.2 Å². The highest BCUT2D eigenvalue weighted by atomic mass is 19.2. The molecule has 0 fully saturated rings. The lowest BCUT2D eigenvalue weighted by Crippen LogP contribution is -2.32. The maximum absolute atomic E-state index is 13.4. The zero-order chi connectivity index (χ0) is 20.0. The SMILES string of the molecule is CC(C)c1noc(CCC(=O)N(CCC(=O)O)Cc2ccc(F)c(F)c2)n1. The van der Waals surface area contributed by atoms with Gasteiger partial charge in [-0.15, -0.1) is 0 Å². The number of aliphatic carboxylic acids is 1. The summed E-state index contributed by atoms with van der Waals surface area (Å²) in [5, 5.41) is 12.7. The summed E-state index contributed by atoms with van der Waals surface area (Å²) < 4.78 is 31.5. The molecule has 0 radical (unpaired) electrons. The van der Waals surface area contributed by atoms with Crippen molar-refractivity contribution >= 4 is 11.9 Å². The molecule has 27 heavy (non-hydrogen) atoms. The fourth-order valence-corrected chi connectivity index (χ4v) is 2.36. The molecule has 0 saturated heterocycles. The number of aryl methyl sites for hydroxylation is 1. The quantitative estimate of drug-likeness (QED) is 0.717. The van der Waals surface area contributed by atoms with Crippen LogP contribution in [-0.4, -0.2) is 38.6 Å². The van der Waals surface area contributed by atoms with Gasteiger partial charge in [0.15, 0.2) is 17.5 Å².